The molecule has 0 aliphatic heterocycles. The van der Waals surface area contributed by atoms with Crippen LogP contribution in [0.4, 0.5) is 8.78 Å². The molecule has 3 aliphatic rings. The van der Waals surface area contributed by atoms with Crippen molar-refractivity contribution in [1.29, 1.82) is 0 Å². The van der Waals surface area contributed by atoms with E-state index < -0.39 is 17.7 Å². The summed E-state index contributed by atoms with van der Waals surface area (Å²) in [4.78, 5) is 12.8. The summed E-state index contributed by atoms with van der Waals surface area (Å²) in [6.45, 7) is 0. The van der Waals surface area contributed by atoms with Crippen LogP contribution in [0.25, 0.3) is 5.69 Å². The molecule has 1 aromatic heterocycles. The topological polar surface area (TPSA) is 67.2 Å². The minimum atomic E-state index is -0.697. The molecule has 7 heteroatoms. The number of aliphatic hydroxyl groups is 1. The molecule has 2 saturated carbocycles. The molecular weight excluding hydrogens is 340 g/mol. The van der Waals surface area contributed by atoms with Gasteiger partial charge in [-0.2, -0.15) is 5.10 Å². The van der Waals surface area contributed by atoms with E-state index in [0.29, 0.717) is 24.0 Å². The summed E-state index contributed by atoms with van der Waals surface area (Å²) >= 11 is 0. The van der Waals surface area contributed by atoms with Crippen LogP contribution in [0.5, 0.6) is 0 Å². The molecule has 1 heterocycles. The first-order valence-electron chi connectivity index (χ1n) is 9.09. The zero-order chi connectivity index (χ0) is 18.0. The van der Waals surface area contributed by atoms with Gasteiger partial charge in [0.25, 0.3) is 5.91 Å². The average Bonchev–Trinajstić information content (AvgIpc) is 2.91. The third kappa shape index (κ3) is 2.37. The van der Waals surface area contributed by atoms with Crippen molar-refractivity contribution in [1.82, 2.24) is 15.1 Å². The number of aromatic nitrogens is 2. The summed E-state index contributed by atoms with van der Waals surface area (Å²) < 4.78 is 29.0. The summed E-state index contributed by atoms with van der Waals surface area (Å²) in [7, 11) is 0. The van der Waals surface area contributed by atoms with Crippen molar-refractivity contribution in [2.45, 2.75) is 50.2 Å². The Morgan fingerprint density at radius 1 is 1.31 bits per heavy atom. The number of hydrogen-bond donors (Lipinski definition) is 2. The number of nitrogens with one attached hydrogen (secondary N) is 1. The van der Waals surface area contributed by atoms with E-state index in [9.17, 15) is 18.7 Å². The van der Waals surface area contributed by atoms with Gasteiger partial charge in [0.1, 0.15) is 11.5 Å². The van der Waals surface area contributed by atoms with Gasteiger partial charge in [0.2, 0.25) is 0 Å². The second-order valence-corrected chi connectivity index (χ2v) is 7.60. The number of carbonyl (C=O) groups is 1. The summed E-state index contributed by atoms with van der Waals surface area (Å²) in [6.07, 6.45) is 3.56. The number of fused-ring (bicyclic) bond motifs is 3. The Hall–Kier alpha value is -2.28. The molecule has 1 aromatic carbocycles. The van der Waals surface area contributed by atoms with Gasteiger partial charge in [0.15, 0.2) is 11.5 Å². The van der Waals surface area contributed by atoms with Crippen molar-refractivity contribution in [2.75, 3.05) is 0 Å². The molecule has 2 aromatic rings. The van der Waals surface area contributed by atoms with Crippen molar-refractivity contribution in [3.8, 4) is 5.69 Å². The van der Waals surface area contributed by atoms with Gasteiger partial charge < -0.3 is 10.4 Å². The van der Waals surface area contributed by atoms with E-state index in [4.69, 9.17) is 0 Å². The van der Waals surface area contributed by atoms with Crippen molar-refractivity contribution >= 4 is 5.91 Å². The highest BCUT2D eigenvalue weighted by Crippen LogP contribution is 2.57. The SMILES string of the molecule is O=C(N[C@H]1CCC[C@H]1O)c1nn(-c2ccc(F)cc2F)c2c1C[C@H]1C[C@@H]21. The maximum atomic E-state index is 14.3. The van der Waals surface area contributed by atoms with E-state index in [1.807, 2.05) is 0 Å². The smallest absolute Gasteiger partial charge is 0.272 e. The highest BCUT2D eigenvalue weighted by molar-refractivity contribution is 5.94. The van der Waals surface area contributed by atoms with Crippen molar-refractivity contribution in [3.63, 3.8) is 0 Å². The number of carbonyl (C=O) groups excluding carboxylic acids is 1. The van der Waals surface area contributed by atoms with Crippen molar-refractivity contribution in [3.05, 3.63) is 46.8 Å². The number of benzene rings is 1. The van der Waals surface area contributed by atoms with Crippen LogP contribution in [-0.4, -0.2) is 32.9 Å². The summed E-state index contributed by atoms with van der Waals surface area (Å²) in [5.74, 6) is -0.887. The standard InChI is InChI=1S/C19H19F2N3O2/c20-10-4-5-15(13(21)8-10)24-18-11-6-9(11)7-12(18)17(23-24)19(26)22-14-2-1-3-16(14)25/h4-5,8-9,11,14,16,25H,1-3,6-7H2,(H,22,26)/t9-,11-,14+,16-/m1/s1. The molecule has 5 nitrogen and oxygen atoms in total. The summed E-state index contributed by atoms with van der Waals surface area (Å²) in [5.41, 5.74) is 2.20. The van der Waals surface area contributed by atoms with Crippen LogP contribution in [0.2, 0.25) is 0 Å². The normalized spacial score (nSPS) is 28.7. The monoisotopic (exact) mass is 359 g/mol. The summed E-state index contributed by atoms with van der Waals surface area (Å²) in [5, 5.41) is 17.2. The Balaban J connectivity index is 1.54. The molecule has 0 bridgehead atoms. The van der Waals surface area contributed by atoms with Gasteiger partial charge in [0, 0.05) is 17.5 Å². The molecule has 2 fully saturated rings. The molecular formula is C19H19F2N3O2. The van der Waals surface area contributed by atoms with E-state index >= 15 is 0 Å². The zero-order valence-corrected chi connectivity index (χ0v) is 14.1. The minimum absolute atomic E-state index is 0.162. The molecule has 1 amide bonds. The predicted octanol–water partition coefficient (Wildman–Crippen LogP) is 2.45. The number of amides is 1. The predicted molar refractivity (Wildman–Crippen MR) is 89.1 cm³/mol. The fourth-order valence-electron chi connectivity index (χ4n) is 4.48. The third-order valence-corrected chi connectivity index (χ3v) is 5.91. The maximum Gasteiger partial charge on any atom is 0.272 e. The van der Waals surface area contributed by atoms with Crippen molar-refractivity contribution < 1.29 is 18.7 Å². The fourth-order valence-corrected chi connectivity index (χ4v) is 4.48. The van der Waals surface area contributed by atoms with Crippen molar-refractivity contribution in [2.24, 2.45) is 5.92 Å². The minimum Gasteiger partial charge on any atom is -0.391 e. The first kappa shape index (κ1) is 15.9. The lowest BCUT2D eigenvalue weighted by Gasteiger charge is -2.15. The Kier molecular flexibility index (Phi) is 3.44. The maximum absolute atomic E-state index is 14.3. The number of rotatable bonds is 3. The molecule has 2 N–H and O–H groups in total. The zero-order valence-electron chi connectivity index (χ0n) is 14.1. The van der Waals surface area contributed by atoms with Gasteiger partial charge in [-0.3, -0.25) is 4.79 Å². The number of hydrogen-bond acceptors (Lipinski definition) is 3. The molecule has 136 valence electrons. The highest BCUT2D eigenvalue weighted by atomic mass is 19.1. The molecule has 5 rings (SSSR count). The van der Waals surface area contributed by atoms with Crippen LogP contribution < -0.4 is 5.32 Å². The number of halogens is 2. The van der Waals surface area contributed by atoms with E-state index in [2.05, 4.69) is 10.4 Å². The first-order valence-corrected chi connectivity index (χ1v) is 9.09. The Labute approximate surface area is 149 Å². The van der Waals surface area contributed by atoms with Crippen LogP contribution in [0.1, 0.15) is 53.3 Å². The van der Waals surface area contributed by atoms with Gasteiger partial charge in [0.05, 0.1) is 17.8 Å². The molecule has 0 radical (unpaired) electrons. The fraction of sp³-hybridized carbons (Fsp3) is 0.474. The third-order valence-electron chi connectivity index (χ3n) is 5.91. The molecule has 4 atom stereocenters. The largest absolute Gasteiger partial charge is 0.391 e. The molecule has 0 spiro atoms. The van der Waals surface area contributed by atoms with Crippen LogP contribution in [0.3, 0.4) is 0 Å². The Morgan fingerprint density at radius 2 is 2.15 bits per heavy atom. The van der Waals surface area contributed by atoms with Gasteiger partial charge in [-0.15, -0.1) is 0 Å². The second-order valence-electron chi connectivity index (χ2n) is 7.60. The van der Waals surface area contributed by atoms with Gasteiger partial charge >= 0.3 is 0 Å². The first-order chi connectivity index (χ1) is 12.5. The van der Waals surface area contributed by atoms with E-state index in [-0.39, 0.29) is 17.6 Å². The van der Waals surface area contributed by atoms with Gasteiger partial charge in [-0.05, 0) is 50.2 Å². The van der Waals surface area contributed by atoms with Gasteiger partial charge in [-0.25, -0.2) is 13.5 Å². The average molecular weight is 359 g/mol. The van der Waals surface area contributed by atoms with E-state index in [1.165, 1.54) is 16.8 Å². The number of nitrogens with zero attached hydrogens (tertiary/aromatic N) is 2. The van der Waals surface area contributed by atoms with E-state index in [0.717, 1.165) is 43.0 Å². The highest BCUT2D eigenvalue weighted by Gasteiger charge is 2.50. The Morgan fingerprint density at radius 3 is 2.88 bits per heavy atom. The number of aliphatic hydroxyl groups excluding tert-OH is 1. The van der Waals surface area contributed by atoms with E-state index in [1.54, 1.807) is 0 Å². The van der Waals surface area contributed by atoms with Crippen LogP contribution in [-0.2, 0) is 6.42 Å². The van der Waals surface area contributed by atoms with Crippen LogP contribution in [0.15, 0.2) is 18.2 Å². The second kappa shape index (κ2) is 5.61. The molecule has 0 saturated heterocycles. The molecule has 26 heavy (non-hydrogen) atoms. The lowest BCUT2D eigenvalue weighted by Crippen LogP contribution is -2.40. The van der Waals surface area contributed by atoms with Crippen LogP contribution in [0, 0.1) is 17.6 Å². The quantitative estimate of drug-likeness (QED) is 0.885. The Bertz CT molecular complexity index is 910. The lowest BCUT2D eigenvalue weighted by molar-refractivity contribution is 0.0867. The van der Waals surface area contributed by atoms with Gasteiger partial charge in [-0.1, -0.05) is 0 Å². The molecule has 0 unspecified atom stereocenters. The summed E-state index contributed by atoms with van der Waals surface area (Å²) in [6, 6.07) is 3.12. The lowest BCUT2D eigenvalue weighted by atomic mass is 10.1. The molecule has 3 aliphatic carbocycles. The van der Waals surface area contributed by atoms with Crippen LogP contribution >= 0.6 is 0 Å².